The van der Waals surface area contributed by atoms with Gasteiger partial charge in [0.1, 0.15) is 0 Å². The van der Waals surface area contributed by atoms with Crippen molar-refractivity contribution in [2.75, 3.05) is 27.3 Å². The molecule has 0 saturated heterocycles. The van der Waals surface area contributed by atoms with E-state index in [0.29, 0.717) is 6.04 Å². The molecule has 0 amide bonds. The van der Waals surface area contributed by atoms with Crippen molar-refractivity contribution >= 4 is 0 Å². The predicted octanol–water partition coefficient (Wildman–Crippen LogP) is 2.10. The van der Waals surface area contributed by atoms with Crippen LogP contribution in [0.3, 0.4) is 0 Å². The standard InChI is InChI=1S/C15H26N2O2/c1-11(2)17-7-6-16-10-13-9-15(19-5)14(18-4)8-12(13)3/h8-9,11,16-17H,6-7,10H2,1-5H3. The highest BCUT2D eigenvalue weighted by Gasteiger charge is 2.08. The van der Waals surface area contributed by atoms with E-state index in [1.54, 1.807) is 14.2 Å². The first-order chi connectivity index (χ1) is 9.08. The number of hydrogen-bond acceptors (Lipinski definition) is 4. The van der Waals surface area contributed by atoms with E-state index in [4.69, 9.17) is 9.47 Å². The molecule has 2 N–H and O–H groups in total. The van der Waals surface area contributed by atoms with E-state index in [0.717, 1.165) is 31.1 Å². The Bertz CT molecular complexity index is 392. The maximum atomic E-state index is 5.33. The fourth-order valence-electron chi connectivity index (χ4n) is 1.89. The molecule has 19 heavy (non-hydrogen) atoms. The number of rotatable bonds is 8. The molecule has 0 aliphatic rings. The van der Waals surface area contributed by atoms with Gasteiger partial charge in [0.05, 0.1) is 14.2 Å². The Morgan fingerprint density at radius 1 is 1.05 bits per heavy atom. The fourth-order valence-corrected chi connectivity index (χ4v) is 1.89. The van der Waals surface area contributed by atoms with Crippen LogP contribution in [0.1, 0.15) is 25.0 Å². The van der Waals surface area contributed by atoms with Crippen molar-refractivity contribution in [2.24, 2.45) is 0 Å². The minimum Gasteiger partial charge on any atom is -0.493 e. The van der Waals surface area contributed by atoms with E-state index in [1.807, 2.05) is 12.1 Å². The number of ether oxygens (including phenoxy) is 2. The smallest absolute Gasteiger partial charge is 0.161 e. The van der Waals surface area contributed by atoms with Gasteiger partial charge in [0.25, 0.3) is 0 Å². The number of hydrogen-bond donors (Lipinski definition) is 2. The summed E-state index contributed by atoms with van der Waals surface area (Å²) in [5, 5.41) is 6.81. The molecule has 1 rings (SSSR count). The quantitative estimate of drug-likeness (QED) is 0.707. The minimum atomic E-state index is 0.532. The van der Waals surface area contributed by atoms with Crippen LogP contribution in [0.2, 0.25) is 0 Å². The van der Waals surface area contributed by atoms with Crippen LogP contribution in [0.25, 0.3) is 0 Å². The summed E-state index contributed by atoms with van der Waals surface area (Å²) in [4.78, 5) is 0. The molecule has 0 unspecified atom stereocenters. The van der Waals surface area contributed by atoms with Crippen LogP contribution >= 0.6 is 0 Å². The van der Waals surface area contributed by atoms with Crippen LogP contribution in [0, 0.1) is 6.92 Å². The van der Waals surface area contributed by atoms with Crippen molar-refractivity contribution in [3.8, 4) is 11.5 Å². The Kier molecular flexibility index (Phi) is 6.67. The van der Waals surface area contributed by atoms with Gasteiger partial charge in [-0.15, -0.1) is 0 Å². The molecule has 0 fully saturated rings. The summed E-state index contributed by atoms with van der Waals surface area (Å²) in [7, 11) is 3.32. The lowest BCUT2D eigenvalue weighted by Gasteiger charge is -2.14. The normalized spacial score (nSPS) is 10.8. The molecular formula is C15H26N2O2. The number of nitrogens with one attached hydrogen (secondary N) is 2. The maximum Gasteiger partial charge on any atom is 0.161 e. The molecule has 1 aromatic carbocycles. The zero-order valence-corrected chi connectivity index (χ0v) is 12.7. The van der Waals surface area contributed by atoms with Crippen LogP contribution in [-0.4, -0.2) is 33.4 Å². The third kappa shape index (κ3) is 5.09. The van der Waals surface area contributed by atoms with E-state index >= 15 is 0 Å². The molecule has 0 heterocycles. The van der Waals surface area contributed by atoms with Gasteiger partial charge in [-0.3, -0.25) is 0 Å². The van der Waals surface area contributed by atoms with Gasteiger partial charge in [-0.05, 0) is 30.2 Å². The van der Waals surface area contributed by atoms with E-state index in [1.165, 1.54) is 11.1 Å². The largest absolute Gasteiger partial charge is 0.493 e. The SMILES string of the molecule is COc1cc(C)c(CNCCNC(C)C)cc1OC. The summed E-state index contributed by atoms with van der Waals surface area (Å²) in [5.41, 5.74) is 2.45. The van der Waals surface area contributed by atoms with Gasteiger partial charge in [-0.2, -0.15) is 0 Å². The highest BCUT2D eigenvalue weighted by atomic mass is 16.5. The molecule has 0 atom stereocenters. The molecule has 0 aromatic heterocycles. The zero-order valence-electron chi connectivity index (χ0n) is 12.7. The van der Waals surface area contributed by atoms with Gasteiger partial charge in [0, 0.05) is 25.7 Å². The molecule has 1 aromatic rings. The van der Waals surface area contributed by atoms with Gasteiger partial charge in [-0.25, -0.2) is 0 Å². The summed E-state index contributed by atoms with van der Waals surface area (Å²) in [5.74, 6) is 1.57. The lowest BCUT2D eigenvalue weighted by molar-refractivity contribution is 0.354. The maximum absolute atomic E-state index is 5.33. The van der Waals surface area contributed by atoms with Crippen molar-refractivity contribution in [1.29, 1.82) is 0 Å². The molecule has 0 saturated carbocycles. The summed E-state index contributed by atoms with van der Waals surface area (Å²) in [6, 6.07) is 4.59. The molecule has 4 heteroatoms. The second kappa shape index (κ2) is 8.02. The summed E-state index contributed by atoms with van der Waals surface area (Å²) < 4.78 is 10.6. The zero-order chi connectivity index (χ0) is 14.3. The van der Waals surface area contributed by atoms with E-state index < -0.39 is 0 Å². The summed E-state index contributed by atoms with van der Waals surface area (Å²) >= 11 is 0. The van der Waals surface area contributed by atoms with Crippen molar-refractivity contribution in [3.63, 3.8) is 0 Å². The monoisotopic (exact) mass is 266 g/mol. The predicted molar refractivity (Wildman–Crippen MR) is 79.1 cm³/mol. The average molecular weight is 266 g/mol. The molecule has 0 bridgehead atoms. The summed E-state index contributed by atoms with van der Waals surface area (Å²) in [6.45, 7) is 9.16. The number of aryl methyl sites for hydroxylation is 1. The summed E-state index contributed by atoms with van der Waals surface area (Å²) in [6.07, 6.45) is 0. The van der Waals surface area contributed by atoms with Crippen LogP contribution < -0.4 is 20.1 Å². The minimum absolute atomic E-state index is 0.532. The average Bonchev–Trinajstić information content (AvgIpc) is 2.39. The van der Waals surface area contributed by atoms with Gasteiger partial charge < -0.3 is 20.1 Å². The Hall–Kier alpha value is -1.26. The molecule has 0 aliphatic carbocycles. The topological polar surface area (TPSA) is 42.5 Å². The second-order valence-electron chi connectivity index (χ2n) is 4.92. The molecule has 0 spiro atoms. The van der Waals surface area contributed by atoms with Gasteiger partial charge in [0.2, 0.25) is 0 Å². The Labute approximate surface area is 116 Å². The highest BCUT2D eigenvalue weighted by Crippen LogP contribution is 2.30. The van der Waals surface area contributed by atoms with Crippen molar-refractivity contribution in [1.82, 2.24) is 10.6 Å². The molecule has 108 valence electrons. The first-order valence-electron chi connectivity index (χ1n) is 6.74. The second-order valence-corrected chi connectivity index (χ2v) is 4.92. The van der Waals surface area contributed by atoms with Gasteiger partial charge >= 0.3 is 0 Å². The van der Waals surface area contributed by atoms with Gasteiger partial charge in [-0.1, -0.05) is 13.8 Å². The number of benzene rings is 1. The Morgan fingerprint density at radius 2 is 1.68 bits per heavy atom. The number of methoxy groups -OCH3 is 2. The van der Waals surface area contributed by atoms with E-state index in [-0.39, 0.29) is 0 Å². The molecule has 0 aliphatic heterocycles. The van der Waals surface area contributed by atoms with E-state index in [2.05, 4.69) is 31.4 Å². The van der Waals surface area contributed by atoms with Crippen LogP contribution in [0.4, 0.5) is 0 Å². The fraction of sp³-hybridized carbons (Fsp3) is 0.600. The lowest BCUT2D eigenvalue weighted by Crippen LogP contribution is -2.31. The van der Waals surface area contributed by atoms with Crippen LogP contribution in [0.5, 0.6) is 11.5 Å². The first kappa shape index (κ1) is 15.8. The molecular weight excluding hydrogens is 240 g/mol. The molecule has 4 nitrogen and oxygen atoms in total. The third-order valence-electron chi connectivity index (χ3n) is 3.01. The van der Waals surface area contributed by atoms with Crippen LogP contribution in [0.15, 0.2) is 12.1 Å². The highest BCUT2D eigenvalue weighted by molar-refractivity contribution is 5.46. The molecule has 0 radical (unpaired) electrons. The lowest BCUT2D eigenvalue weighted by atomic mass is 10.1. The van der Waals surface area contributed by atoms with E-state index in [9.17, 15) is 0 Å². The van der Waals surface area contributed by atoms with Crippen molar-refractivity contribution in [3.05, 3.63) is 23.3 Å². The third-order valence-corrected chi connectivity index (χ3v) is 3.01. The Balaban J connectivity index is 2.53. The van der Waals surface area contributed by atoms with Crippen molar-refractivity contribution in [2.45, 2.75) is 33.4 Å². The first-order valence-corrected chi connectivity index (χ1v) is 6.74. The van der Waals surface area contributed by atoms with Crippen LogP contribution in [-0.2, 0) is 6.54 Å². The van der Waals surface area contributed by atoms with Gasteiger partial charge in [0.15, 0.2) is 11.5 Å². The Morgan fingerprint density at radius 3 is 2.26 bits per heavy atom. The van der Waals surface area contributed by atoms with Crippen molar-refractivity contribution < 1.29 is 9.47 Å².